The van der Waals surface area contributed by atoms with E-state index in [0.29, 0.717) is 5.56 Å². The van der Waals surface area contributed by atoms with E-state index in [1.807, 2.05) is 0 Å². The number of carboxylic acids is 1. The minimum atomic E-state index is -1.90. The third-order valence-electron chi connectivity index (χ3n) is 5.31. The number of rotatable bonds is 5. The van der Waals surface area contributed by atoms with Crippen LogP contribution in [0, 0.1) is 0 Å². The average molecular weight is 476 g/mol. The predicted molar refractivity (Wildman–Crippen MR) is 113 cm³/mol. The molecule has 0 spiro atoms. The van der Waals surface area contributed by atoms with Gasteiger partial charge in [-0.15, -0.1) is 0 Å². The molecule has 2 heterocycles. The second-order valence-electron chi connectivity index (χ2n) is 7.53. The van der Waals surface area contributed by atoms with E-state index in [1.54, 1.807) is 0 Å². The van der Waals surface area contributed by atoms with Crippen LogP contribution in [0.25, 0.3) is 22.3 Å². The van der Waals surface area contributed by atoms with Crippen molar-refractivity contribution < 1.29 is 54.1 Å². The van der Waals surface area contributed by atoms with Crippen LogP contribution >= 0.6 is 0 Å². The summed E-state index contributed by atoms with van der Waals surface area (Å²) < 4.78 is 21.3. The fourth-order valence-electron chi connectivity index (χ4n) is 3.57. The number of aromatic hydroxyl groups is 2. The quantitative estimate of drug-likeness (QED) is 0.292. The molecule has 0 radical (unpaired) electrons. The Morgan fingerprint density at radius 2 is 1.71 bits per heavy atom. The van der Waals surface area contributed by atoms with Crippen molar-refractivity contribution in [1.29, 1.82) is 0 Å². The molecule has 4 rings (SSSR count). The topological polar surface area (TPSA) is 196 Å². The number of fused-ring (bicyclic) bond motifs is 1. The van der Waals surface area contributed by atoms with Crippen molar-refractivity contribution in [3.8, 4) is 34.3 Å². The molecular weight excluding hydrogens is 456 g/mol. The SMILES string of the molecule is COc1cc(-c2cc(=O)c3c(O)cc(O[C@H]4O[C@@H](C(=O)O)[C@H](O)[C@@H](O)[C@@H]4O)cc3o2)ccc1O. The highest BCUT2D eigenvalue weighted by molar-refractivity contribution is 5.86. The van der Waals surface area contributed by atoms with Crippen LogP contribution in [0.15, 0.2) is 45.6 Å². The first kappa shape index (κ1) is 23.3. The van der Waals surface area contributed by atoms with Gasteiger partial charge in [-0.1, -0.05) is 0 Å². The molecule has 0 saturated carbocycles. The fraction of sp³-hybridized carbons (Fsp3) is 0.273. The highest BCUT2D eigenvalue weighted by Gasteiger charge is 2.48. The molecule has 34 heavy (non-hydrogen) atoms. The van der Waals surface area contributed by atoms with Crippen molar-refractivity contribution in [3.05, 3.63) is 46.6 Å². The largest absolute Gasteiger partial charge is 0.507 e. The first-order valence-corrected chi connectivity index (χ1v) is 9.88. The Bertz CT molecular complexity index is 1300. The average Bonchev–Trinajstić information content (AvgIpc) is 2.79. The number of phenolic OH excluding ortho intramolecular Hbond substituents is 2. The smallest absolute Gasteiger partial charge is 0.335 e. The van der Waals surface area contributed by atoms with Crippen LogP contribution in [0.5, 0.6) is 23.0 Å². The number of aliphatic carboxylic acids is 1. The molecule has 5 atom stereocenters. The van der Waals surface area contributed by atoms with Gasteiger partial charge < -0.3 is 49.3 Å². The van der Waals surface area contributed by atoms with Crippen molar-refractivity contribution in [3.63, 3.8) is 0 Å². The Labute approximate surface area is 190 Å². The molecular formula is C22H20O12. The zero-order valence-corrected chi connectivity index (χ0v) is 17.5. The summed E-state index contributed by atoms with van der Waals surface area (Å²) in [4.78, 5) is 23.9. The van der Waals surface area contributed by atoms with Gasteiger partial charge in [0.05, 0.1) is 7.11 Å². The van der Waals surface area contributed by atoms with Gasteiger partial charge in [0.2, 0.25) is 6.29 Å². The van der Waals surface area contributed by atoms with Crippen LogP contribution in [0.2, 0.25) is 0 Å². The van der Waals surface area contributed by atoms with E-state index in [-0.39, 0.29) is 34.0 Å². The van der Waals surface area contributed by atoms with Gasteiger partial charge in [0.25, 0.3) is 0 Å². The number of phenols is 2. The number of ether oxygens (including phenoxy) is 3. The summed E-state index contributed by atoms with van der Waals surface area (Å²) in [5.41, 5.74) is -0.331. The maximum Gasteiger partial charge on any atom is 0.335 e. The van der Waals surface area contributed by atoms with Gasteiger partial charge in [-0.05, 0) is 18.2 Å². The molecule has 12 heteroatoms. The molecule has 1 saturated heterocycles. The van der Waals surface area contributed by atoms with Crippen molar-refractivity contribution in [1.82, 2.24) is 0 Å². The Balaban J connectivity index is 1.73. The van der Waals surface area contributed by atoms with E-state index in [1.165, 1.54) is 31.4 Å². The lowest BCUT2D eigenvalue weighted by Crippen LogP contribution is -2.61. The summed E-state index contributed by atoms with van der Waals surface area (Å²) in [5, 5.41) is 59.0. The Kier molecular flexibility index (Phi) is 6.06. The molecule has 180 valence electrons. The molecule has 0 bridgehead atoms. The molecule has 0 aliphatic carbocycles. The molecule has 1 aliphatic heterocycles. The highest BCUT2D eigenvalue weighted by atomic mass is 16.7. The zero-order chi connectivity index (χ0) is 24.7. The van der Waals surface area contributed by atoms with E-state index >= 15 is 0 Å². The number of benzene rings is 2. The minimum Gasteiger partial charge on any atom is -0.507 e. The first-order chi connectivity index (χ1) is 16.1. The number of carbonyl (C=O) groups is 1. The molecule has 1 aromatic heterocycles. The van der Waals surface area contributed by atoms with Gasteiger partial charge in [0, 0.05) is 23.8 Å². The molecule has 2 aromatic carbocycles. The Morgan fingerprint density at radius 3 is 2.38 bits per heavy atom. The van der Waals surface area contributed by atoms with Gasteiger partial charge in [0.15, 0.2) is 23.0 Å². The van der Waals surface area contributed by atoms with Crippen molar-refractivity contribution in [2.45, 2.75) is 30.7 Å². The van der Waals surface area contributed by atoms with Gasteiger partial charge in [-0.3, -0.25) is 4.79 Å². The minimum absolute atomic E-state index is 0.0748. The summed E-state index contributed by atoms with van der Waals surface area (Å²) in [6, 6.07) is 7.61. The number of aliphatic hydroxyl groups excluding tert-OH is 3. The maximum atomic E-state index is 12.6. The van der Waals surface area contributed by atoms with Crippen LogP contribution in [0.3, 0.4) is 0 Å². The van der Waals surface area contributed by atoms with E-state index in [9.17, 15) is 35.1 Å². The van der Waals surface area contributed by atoms with Gasteiger partial charge in [-0.25, -0.2) is 4.79 Å². The number of aliphatic hydroxyl groups is 3. The lowest BCUT2D eigenvalue weighted by atomic mass is 9.99. The molecule has 0 unspecified atom stereocenters. The number of hydrogen-bond acceptors (Lipinski definition) is 11. The highest BCUT2D eigenvalue weighted by Crippen LogP contribution is 2.35. The fourth-order valence-corrected chi connectivity index (χ4v) is 3.57. The van der Waals surface area contributed by atoms with Crippen LogP contribution in [-0.4, -0.2) is 74.4 Å². The Morgan fingerprint density at radius 1 is 0.971 bits per heavy atom. The van der Waals surface area contributed by atoms with Crippen LogP contribution in [0.4, 0.5) is 0 Å². The molecule has 6 N–H and O–H groups in total. The van der Waals surface area contributed by atoms with Crippen molar-refractivity contribution in [2.75, 3.05) is 7.11 Å². The second-order valence-corrected chi connectivity index (χ2v) is 7.53. The molecule has 0 amide bonds. The van der Waals surface area contributed by atoms with E-state index in [4.69, 9.17) is 23.7 Å². The van der Waals surface area contributed by atoms with Crippen molar-refractivity contribution in [2.24, 2.45) is 0 Å². The lowest BCUT2D eigenvalue weighted by Gasteiger charge is -2.38. The second kappa shape index (κ2) is 8.83. The van der Waals surface area contributed by atoms with E-state index in [2.05, 4.69) is 0 Å². The van der Waals surface area contributed by atoms with E-state index in [0.717, 1.165) is 12.1 Å². The monoisotopic (exact) mass is 476 g/mol. The van der Waals surface area contributed by atoms with Crippen LogP contribution in [0.1, 0.15) is 0 Å². The summed E-state index contributed by atoms with van der Waals surface area (Å²) in [5.74, 6) is -2.22. The Hall–Kier alpha value is -3.84. The first-order valence-electron chi connectivity index (χ1n) is 9.88. The van der Waals surface area contributed by atoms with Gasteiger partial charge >= 0.3 is 5.97 Å². The van der Waals surface area contributed by atoms with Crippen LogP contribution < -0.4 is 14.9 Å². The maximum absolute atomic E-state index is 12.6. The summed E-state index contributed by atoms with van der Waals surface area (Å²) in [7, 11) is 1.35. The van der Waals surface area contributed by atoms with Crippen LogP contribution in [-0.2, 0) is 9.53 Å². The number of methoxy groups -OCH3 is 1. The summed E-state index contributed by atoms with van der Waals surface area (Å²) in [6.07, 6.45) is -9.23. The molecule has 3 aromatic rings. The molecule has 1 aliphatic rings. The third kappa shape index (κ3) is 4.10. The standard InChI is InChI=1S/C22H20O12/c1-31-14-4-8(2-3-10(14)23)13-7-12(25)16-11(24)5-9(6-15(16)33-13)32-22-19(28)17(26)18(27)20(34-22)21(29)30/h2-7,17-20,22-24,26-28H,1H3,(H,29,30)/t17-,18-,19+,20-,22+/m1/s1. The van der Waals surface area contributed by atoms with E-state index < -0.39 is 47.9 Å². The summed E-state index contributed by atoms with van der Waals surface area (Å²) in [6.45, 7) is 0. The zero-order valence-electron chi connectivity index (χ0n) is 17.5. The number of hydrogen-bond donors (Lipinski definition) is 6. The van der Waals surface area contributed by atoms with Gasteiger partial charge in [0.1, 0.15) is 46.5 Å². The number of carboxylic acid groups (broad SMARTS) is 1. The normalized spacial score (nSPS) is 24.6. The van der Waals surface area contributed by atoms with Gasteiger partial charge in [-0.2, -0.15) is 0 Å². The summed E-state index contributed by atoms with van der Waals surface area (Å²) >= 11 is 0. The third-order valence-corrected chi connectivity index (χ3v) is 5.31. The molecule has 1 fully saturated rings. The van der Waals surface area contributed by atoms with Crippen molar-refractivity contribution >= 4 is 16.9 Å². The predicted octanol–water partition coefficient (Wildman–Crippen LogP) is 0.151. The lowest BCUT2D eigenvalue weighted by molar-refractivity contribution is -0.271. The molecule has 12 nitrogen and oxygen atoms in total.